The zero-order valence-corrected chi connectivity index (χ0v) is 10.9. The van der Waals surface area contributed by atoms with Gasteiger partial charge in [-0.15, -0.1) is 0 Å². The fourth-order valence-electron chi connectivity index (χ4n) is 2.82. The fourth-order valence-corrected chi connectivity index (χ4v) is 2.82. The minimum absolute atomic E-state index is 0.316. The van der Waals surface area contributed by atoms with Gasteiger partial charge in [-0.2, -0.15) is 0 Å². The van der Waals surface area contributed by atoms with Crippen LogP contribution in [0.3, 0.4) is 0 Å². The maximum atomic E-state index is 13.8. The summed E-state index contributed by atoms with van der Waals surface area (Å²) in [7, 11) is 0. The van der Waals surface area contributed by atoms with Crippen molar-refractivity contribution >= 4 is 0 Å². The lowest BCUT2D eigenvalue weighted by Crippen LogP contribution is -2.14. The maximum Gasteiger partial charge on any atom is 0.163 e. The minimum Gasteiger partial charge on any atom is -0.324 e. The van der Waals surface area contributed by atoms with E-state index in [1.165, 1.54) is 25.7 Å². The number of rotatable bonds is 4. The number of nitrogens with two attached hydrogens (primary N) is 1. The van der Waals surface area contributed by atoms with E-state index < -0.39 is 11.6 Å². The standard InChI is InChI=1S/C15H21F2N/c1-10-6-8-12(15(17)14(10)16)13(18)9-7-11-4-2-3-5-11/h6,8,11,13H,2-5,7,9,18H2,1H3. The quantitative estimate of drug-likeness (QED) is 0.853. The SMILES string of the molecule is Cc1ccc(C(N)CCC2CCCC2)c(F)c1F. The Kier molecular flexibility index (Phi) is 4.33. The van der Waals surface area contributed by atoms with Crippen molar-refractivity contribution in [1.29, 1.82) is 0 Å². The summed E-state index contributed by atoms with van der Waals surface area (Å²) in [6, 6.07) is 2.83. The highest BCUT2D eigenvalue weighted by atomic mass is 19.2. The molecule has 0 amide bonds. The van der Waals surface area contributed by atoms with Crippen LogP contribution in [0.4, 0.5) is 8.78 Å². The van der Waals surface area contributed by atoms with Crippen LogP contribution in [0.2, 0.25) is 0 Å². The van der Waals surface area contributed by atoms with Crippen LogP contribution in [-0.4, -0.2) is 0 Å². The molecule has 0 aromatic heterocycles. The second-order valence-corrected chi connectivity index (χ2v) is 5.43. The summed E-state index contributed by atoms with van der Waals surface area (Å²) in [6.07, 6.45) is 6.88. The Morgan fingerprint density at radius 3 is 2.56 bits per heavy atom. The molecule has 3 heteroatoms. The van der Waals surface area contributed by atoms with Crippen molar-refractivity contribution in [2.24, 2.45) is 11.7 Å². The molecule has 2 rings (SSSR count). The fraction of sp³-hybridized carbons (Fsp3) is 0.600. The topological polar surface area (TPSA) is 26.0 Å². The molecule has 1 nitrogen and oxygen atoms in total. The van der Waals surface area contributed by atoms with E-state index in [0.29, 0.717) is 11.1 Å². The molecule has 1 unspecified atom stereocenters. The summed E-state index contributed by atoms with van der Waals surface area (Å²) >= 11 is 0. The van der Waals surface area contributed by atoms with Gasteiger partial charge in [-0.05, 0) is 31.2 Å². The average molecular weight is 253 g/mol. The van der Waals surface area contributed by atoms with Crippen LogP contribution in [0.1, 0.15) is 55.7 Å². The van der Waals surface area contributed by atoms with Crippen molar-refractivity contribution in [3.63, 3.8) is 0 Å². The van der Waals surface area contributed by atoms with Gasteiger partial charge < -0.3 is 5.73 Å². The van der Waals surface area contributed by atoms with Crippen LogP contribution >= 0.6 is 0 Å². The molecule has 1 saturated carbocycles. The normalized spacial score (nSPS) is 18.2. The molecule has 2 N–H and O–H groups in total. The second-order valence-electron chi connectivity index (χ2n) is 5.43. The highest BCUT2D eigenvalue weighted by molar-refractivity contribution is 5.27. The van der Waals surface area contributed by atoms with Gasteiger partial charge in [-0.1, -0.05) is 37.8 Å². The monoisotopic (exact) mass is 253 g/mol. The summed E-state index contributed by atoms with van der Waals surface area (Å²) in [5.74, 6) is -0.799. The first-order valence-corrected chi connectivity index (χ1v) is 6.79. The van der Waals surface area contributed by atoms with Gasteiger partial charge in [-0.3, -0.25) is 0 Å². The number of hydrogen-bond acceptors (Lipinski definition) is 1. The number of aryl methyl sites for hydroxylation is 1. The van der Waals surface area contributed by atoms with Crippen LogP contribution < -0.4 is 5.73 Å². The van der Waals surface area contributed by atoms with E-state index in [1.807, 2.05) is 0 Å². The van der Waals surface area contributed by atoms with Crippen LogP contribution in [0.25, 0.3) is 0 Å². The van der Waals surface area contributed by atoms with Crippen molar-refractivity contribution in [2.75, 3.05) is 0 Å². The lowest BCUT2D eigenvalue weighted by atomic mass is 9.94. The highest BCUT2D eigenvalue weighted by Crippen LogP contribution is 2.31. The third-order valence-corrected chi connectivity index (χ3v) is 4.07. The molecule has 0 bridgehead atoms. The van der Waals surface area contributed by atoms with Crippen LogP contribution in [0.5, 0.6) is 0 Å². The third kappa shape index (κ3) is 2.89. The molecular formula is C15H21F2N. The first kappa shape index (κ1) is 13.5. The second kappa shape index (κ2) is 5.79. The van der Waals surface area contributed by atoms with Gasteiger partial charge in [0.25, 0.3) is 0 Å². The van der Waals surface area contributed by atoms with Gasteiger partial charge in [0.05, 0.1) is 0 Å². The molecule has 100 valence electrons. The van der Waals surface area contributed by atoms with Crippen LogP contribution in [0, 0.1) is 24.5 Å². The summed E-state index contributed by atoms with van der Waals surface area (Å²) in [5, 5.41) is 0. The van der Waals surface area contributed by atoms with Crippen LogP contribution in [0.15, 0.2) is 12.1 Å². The molecule has 0 aliphatic heterocycles. The molecular weight excluding hydrogens is 232 g/mol. The Morgan fingerprint density at radius 1 is 1.22 bits per heavy atom. The van der Waals surface area contributed by atoms with Crippen molar-refractivity contribution in [2.45, 2.75) is 51.5 Å². The van der Waals surface area contributed by atoms with Gasteiger partial charge in [0.2, 0.25) is 0 Å². The molecule has 18 heavy (non-hydrogen) atoms. The first-order chi connectivity index (χ1) is 8.59. The van der Waals surface area contributed by atoms with Gasteiger partial charge >= 0.3 is 0 Å². The van der Waals surface area contributed by atoms with E-state index in [1.54, 1.807) is 19.1 Å². The van der Waals surface area contributed by atoms with Crippen molar-refractivity contribution in [1.82, 2.24) is 0 Å². The first-order valence-electron chi connectivity index (χ1n) is 6.79. The molecule has 0 spiro atoms. The van der Waals surface area contributed by atoms with Crippen LogP contribution in [-0.2, 0) is 0 Å². The molecule has 1 aliphatic carbocycles. The minimum atomic E-state index is -0.770. The predicted molar refractivity (Wildman–Crippen MR) is 69.2 cm³/mol. The molecule has 0 saturated heterocycles. The van der Waals surface area contributed by atoms with Gasteiger partial charge in [0.1, 0.15) is 0 Å². The zero-order chi connectivity index (χ0) is 13.1. The average Bonchev–Trinajstić information content (AvgIpc) is 2.86. The Hall–Kier alpha value is -0.960. The molecule has 1 aliphatic rings. The van der Waals surface area contributed by atoms with E-state index in [-0.39, 0.29) is 6.04 Å². The third-order valence-electron chi connectivity index (χ3n) is 4.07. The Morgan fingerprint density at radius 2 is 1.89 bits per heavy atom. The lowest BCUT2D eigenvalue weighted by molar-refractivity contribution is 0.436. The summed E-state index contributed by atoms with van der Waals surface area (Å²) in [5.41, 5.74) is 6.63. The molecule has 1 atom stereocenters. The van der Waals surface area contributed by atoms with E-state index in [0.717, 1.165) is 18.8 Å². The van der Waals surface area contributed by atoms with Crippen molar-refractivity contribution in [3.8, 4) is 0 Å². The van der Waals surface area contributed by atoms with E-state index in [2.05, 4.69) is 0 Å². The Labute approximate surface area is 107 Å². The number of hydrogen-bond donors (Lipinski definition) is 1. The van der Waals surface area contributed by atoms with Crippen molar-refractivity contribution < 1.29 is 8.78 Å². The highest BCUT2D eigenvalue weighted by Gasteiger charge is 2.20. The summed E-state index contributed by atoms with van der Waals surface area (Å²) in [4.78, 5) is 0. The summed E-state index contributed by atoms with van der Waals surface area (Å²) < 4.78 is 27.2. The molecule has 1 aromatic carbocycles. The Bertz CT molecular complexity index is 411. The Balaban J connectivity index is 1.99. The lowest BCUT2D eigenvalue weighted by Gasteiger charge is -2.16. The molecule has 0 radical (unpaired) electrons. The summed E-state index contributed by atoms with van der Waals surface area (Å²) in [6.45, 7) is 1.56. The van der Waals surface area contributed by atoms with Gasteiger partial charge in [0.15, 0.2) is 11.6 Å². The van der Waals surface area contributed by atoms with Gasteiger partial charge in [-0.25, -0.2) is 8.78 Å². The van der Waals surface area contributed by atoms with Crippen molar-refractivity contribution in [3.05, 3.63) is 34.9 Å². The molecule has 1 aromatic rings. The predicted octanol–water partition coefficient (Wildman–Crippen LogP) is 4.24. The maximum absolute atomic E-state index is 13.8. The molecule has 1 fully saturated rings. The largest absolute Gasteiger partial charge is 0.324 e. The number of halogens is 2. The molecule has 0 heterocycles. The van der Waals surface area contributed by atoms with E-state index >= 15 is 0 Å². The smallest absolute Gasteiger partial charge is 0.163 e. The van der Waals surface area contributed by atoms with Gasteiger partial charge in [0, 0.05) is 11.6 Å². The number of benzene rings is 1. The zero-order valence-electron chi connectivity index (χ0n) is 10.9. The van der Waals surface area contributed by atoms with E-state index in [4.69, 9.17) is 5.73 Å². The van der Waals surface area contributed by atoms with E-state index in [9.17, 15) is 8.78 Å².